The standard InChI is InChI=1S/C11H8ClN3/c1-7-6-14-11(15-7)9-4-8(5-13)2-3-10(9)12/h2-4,6H,1H3,(H,14,15). The molecule has 0 unspecified atom stereocenters. The number of aromatic amines is 1. The van der Waals surface area contributed by atoms with E-state index in [9.17, 15) is 0 Å². The van der Waals surface area contributed by atoms with E-state index in [0.29, 0.717) is 16.4 Å². The minimum Gasteiger partial charge on any atom is -0.342 e. The van der Waals surface area contributed by atoms with Gasteiger partial charge in [-0.1, -0.05) is 11.6 Å². The molecule has 3 nitrogen and oxygen atoms in total. The first-order chi connectivity index (χ1) is 7.20. The second-order valence-electron chi connectivity index (χ2n) is 3.22. The highest BCUT2D eigenvalue weighted by Crippen LogP contribution is 2.26. The molecular formula is C11H8ClN3. The van der Waals surface area contributed by atoms with Crippen molar-refractivity contribution in [2.75, 3.05) is 0 Å². The van der Waals surface area contributed by atoms with Gasteiger partial charge in [-0.3, -0.25) is 0 Å². The van der Waals surface area contributed by atoms with E-state index in [2.05, 4.69) is 16.0 Å². The van der Waals surface area contributed by atoms with Gasteiger partial charge in [0.15, 0.2) is 0 Å². The number of nitrogens with one attached hydrogen (secondary N) is 1. The Kier molecular flexibility index (Phi) is 2.44. The summed E-state index contributed by atoms with van der Waals surface area (Å²) in [5.41, 5.74) is 2.29. The molecule has 0 aliphatic rings. The zero-order chi connectivity index (χ0) is 10.8. The van der Waals surface area contributed by atoms with Crippen LogP contribution in [0.25, 0.3) is 11.4 Å². The molecule has 0 amide bonds. The van der Waals surface area contributed by atoms with Gasteiger partial charge in [0.25, 0.3) is 0 Å². The summed E-state index contributed by atoms with van der Waals surface area (Å²) in [7, 11) is 0. The molecule has 0 radical (unpaired) electrons. The fourth-order valence-corrected chi connectivity index (χ4v) is 1.53. The summed E-state index contributed by atoms with van der Waals surface area (Å²) in [4.78, 5) is 7.25. The van der Waals surface area contributed by atoms with Gasteiger partial charge in [0, 0.05) is 17.5 Å². The van der Waals surface area contributed by atoms with Crippen molar-refractivity contribution in [2.45, 2.75) is 6.92 Å². The van der Waals surface area contributed by atoms with Crippen molar-refractivity contribution in [1.29, 1.82) is 5.26 Å². The van der Waals surface area contributed by atoms with E-state index in [-0.39, 0.29) is 0 Å². The predicted molar refractivity (Wildman–Crippen MR) is 58.5 cm³/mol. The van der Waals surface area contributed by atoms with Crippen molar-refractivity contribution in [1.82, 2.24) is 9.97 Å². The van der Waals surface area contributed by atoms with Gasteiger partial charge in [-0.2, -0.15) is 5.26 Å². The lowest BCUT2D eigenvalue weighted by Crippen LogP contribution is -1.84. The van der Waals surface area contributed by atoms with Gasteiger partial charge in [-0.25, -0.2) is 4.98 Å². The van der Waals surface area contributed by atoms with Crippen molar-refractivity contribution in [3.63, 3.8) is 0 Å². The van der Waals surface area contributed by atoms with Crippen LogP contribution in [-0.4, -0.2) is 9.97 Å². The molecule has 0 aliphatic heterocycles. The molecule has 1 aromatic carbocycles. The molecule has 74 valence electrons. The first-order valence-electron chi connectivity index (χ1n) is 4.42. The third kappa shape index (κ3) is 1.85. The topological polar surface area (TPSA) is 52.5 Å². The predicted octanol–water partition coefficient (Wildman–Crippen LogP) is 2.91. The summed E-state index contributed by atoms with van der Waals surface area (Å²) >= 11 is 6.03. The van der Waals surface area contributed by atoms with Crippen molar-refractivity contribution in [3.8, 4) is 17.5 Å². The van der Waals surface area contributed by atoms with Gasteiger partial charge in [0.05, 0.1) is 16.7 Å². The average Bonchev–Trinajstić information content (AvgIpc) is 2.65. The van der Waals surface area contributed by atoms with Crippen LogP contribution in [0.2, 0.25) is 5.02 Å². The molecular weight excluding hydrogens is 210 g/mol. The number of nitrogens with zero attached hydrogens (tertiary/aromatic N) is 2. The van der Waals surface area contributed by atoms with Crippen LogP contribution in [0.4, 0.5) is 0 Å². The van der Waals surface area contributed by atoms with Crippen LogP contribution in [-0.2, 0) is 0 Å². The average molecular weight is 218 g/mol. The monoisotopic (exact) mass is 217 g/mol. The smallest absolute Gasteiger partial charge is 0.139 e. The number of imidazole rings is 1. The Labute approximate surface area is 92.3 Å². The highest BCUT2D eigenvalue weighted by molar-refractivity contribution is 6.33. The number of aryl methyl sites for hydroxylation is 1. The lowest BCUT2D eigenvalue weighted by atomic mass is 10.1. The van der Waals surface area contributed by atoms with Crippen LogP contribution < -0.4 is 0 Å². The molecule has 2 aromatic rings. The highest BCUT2D eigenvalue weighted by Gasteiger charge is 2.07. The van der Waals surface area contributed by atoms with Crippen LogP contribution in [0, 0.1) is 18.3 Å². The molecule has 4 heteroatoms. The van der Waals surface area contributed by atoms with Gasteiger partial charge in [0.2, 0.25) is 0 Å². The quantitative estimate of drug-likeness (QED) is 0.799. The van der Waals surface area contributed by atoms with Crippen molar-refractivity contribution in [2.24, 2.45) is 0 Å². The molecule has 15 heavy (non-hydrogen) atoms. The fourth-order valence-electron chi connectivity index (χ4n) is 1.33. The third-order valence-electron chi connectivity index (χ3n) is 2.05. The maximum Gasteiger partial charge on any atom is 0.139 e. The van der Waals surface area contributed by atoms with Gasteiger partial charge < -0.3 is 4.98 Å². The number of aromatic nitrogens is 2. The lowest BCUT2D eigenvalue weighted by Gasteiger charge is -2.00. The van der Waals surface area contributed by atoms with Gasteiger partial charge in [-0.05, 0) is 25.1 Å². The van der Waals surface area contributed by atoms with Crippen molar-refractivity contribution >= 4 is 11.6 Å². The Hall–Kier alpha value is -1.79. The summed E-state index contributed by atoms with van der Waals surface area (Å²) in [6.45, 7) is 1.92. The van der Waals surface area contributed by atoms with Crippen LogP contribution in [0.15, 0.2) is 24.4 Å². The maximum atomic E-state index is 8.78. The second-order valence-corrected chi connectivity index (χ2v) is 3.63. The summed E-state index contributed by atoms with van der Waals surface area (Å²) in [6.07, 6.45) is 1.73. The Bertz CT molecular complexity index is 537. The van der Waals surface area contributed by atoms with Crippen molar-refractivity contribution in [3.05, 3.63) is 40.7 Å². The molecule has 0 fully saturated rings. The Morgan fingerprint density at radius 3 is 2.87 bits per heavy atom. The fraction of sp³-hybridized carbons (Fsp3) is 0.0909. The van der Waals surface area contributed by atoms with E-state index >= 15 is 0 Å². The molecule has 1 aromatic heterocycles. The Balaban J connectivity index is 2.57. The minimum atomic E-state index is 0.573. The summed E-state index contributed by atoms with van der Waals surface area (Å²) in [6, 6.07) is 7.18. The Morgan fingerprint density at radius 2 is 2.27 bits per heavy atom. The zero-order valence-electron chi connectivity index (χ0n) is 8.08. The molecule has 0 saturated heterocycles. The van der Waals surface area contributed by atoms with E-state index < -0.39 is 0 Å². The van der Waals surface area contributed by atoms with E-state index in [1.807, 2.05) is 6.92 Å². The number of hydrogen-bond acceptors (Lipinski definition) is 2. The van der Waals surface area contributed by atoms with E-state index in [1.54, 1.807) is 24.4 Å². The second kappa shape index (κ2) is 3.76. The number of hydrogen-bond donors (Lipinski definition) is 1. The maximum absolute atomic E-state index is 8.78. The normalized spacial score (nSPS) is 9.93. The van der Waals surface area contributed by atoms with Gasteiger partial charge in [0.1, 0.15) is 5.82 Å². The summed E-state index contributed by atoms with van der Waals surface area (Å²) in [5, 5.41) is 9.37. The van der Waals surface area contributed by atoms with Crippen LogP contribution >= 0.6 is 11.6 Å². The van der Waals surface area contributed by atoms with Crippen LogP contribution in [0.3, 0.4) is 0 Å². The third-order valence-corrected chi connectivity index (χ3v) is 2.38. The number of rotatable bonds is 1. The van der Waals surface area contributed by atoms with E-state index in [4.69, 9.17) is 16.9 Å². The number of nitriles is 1. The largest absolute Gasteiger partial charge is 0.342 e. The van der Waals surface area contributed by atoms with E-state index in [0.717, 1.165) is 11.3 Å². The summed E-state index contributed by atoms with van der Waals surface area (Å²) < 4.78 is 0. The van der Waals surface area contributed by atoms with Gasteiger partial charge >= 0.3 is 0 Å². The molecule has 0 aliphatic carbocycles. The SMILES string of the molecule is Cc1cnc(-c2cc(C#N)ccc2Cl)[nH]1. The molecule has 0 saturated carbocycles. The molecule has 0 spiro atoms. The van der Waals surface area contributed by atoms with Gasteiger partial charge in [-0.15, -0.1) is 0 Å². The van der Waals surface area contributed by atoms with Crippen LogP contribution in [0.1, 0.15) is 11.3 Å². The number of benzene rings is 1. The minimum absolute atomic E-state index is 0.573. The molecule has 0 atom stereocenters. The molecule has 0 bridgehead atoms. The van der Waals surface area contributed by atoms with Crippen molar-refractivity contribution < 1.29 is 0 Å². The Morgan fingerprint density at radius 1 is 1.47 bits per heavy atom. The zero-order valence-corrected chi connectivity index (χ0v) is 8.84. The first kappa shape index (κ1) is 9.75. The molecule has 1 heterocycles. The molecule has 2 rings (SSSR count). The lowest BCUT2D eigenvalue weighted by molar-refractivity contribution is 1.25. The van der Waals surface area contributed by atoms with E-state index in [1.165, 1.54) is 0 Å². The summed E-state index contributed by atoms with van der Waals surface area (Å²) in [5.74, 6) is 0.689. The number of H-pyrrole nitrogens is 1. The van der Waals surface area contributed by atoms with Crippen LogP contribution in [0.5, 0.6) is 0 Å². The molecule has 1 N–H and O–H groups in total. The first-order valence-corrected chi connectivity index (χ1v) is 4.80. The highest BCUT2D eigenvalue weighted by atomic mass is 35.5. The number of halogens is 1.